The summed E-state index contributed by atoms with van der Waals surface area (Å²) in [5.41, 5.74) is 0.721. The van der Waals surface area contributed by atoms with Crippen LogP contribution in [0.5, 0.6) is 0 Å². The van der Waals surface area contributed by atoms with E-state index in [9.17, 15) is 9.18 Å². The van der Waals surface area contributed by atoms with Crippen molar-refractivity contribution in [3.05, 3.63) is 36.0 Å². The van der Waals surface area contributed by atoms with Gasteiger partial charge in [0.2, 0.25) is 17.7 Å². The van der Waals surface area contributed by atoms with Gasteiger partial charge in [-0.05, 0) is 63.0 Å². The Morgan fingerprint density at radius 1 is 1.08 bits per heavy atom. The minimum absolute atomic E-state index is 0.217. The Labute approximate surface area is 152 Å². The quantitative estimate of drug-likeness (QED) is 0.841. The average Bonchev–Trinajstić information content (AvgIpc) is 3.35. The van der Waals surface area contributed by atoms with E-state index in [1.54, 1.807) is 12.1 Å². The summed E-state index contributed by atoms with van der Waals surface area (Å²) in [4.78, 5) is 16.5. The van der Waals surface area contributed by atoms with E-state index in [-0.39, 0.29) is 17.6 Å². The standard InChI is InChI=1S/C19H23FN4O2/c20-16-5-3-14(4-6-16)18-21-22-19(26-18)15-7-11-23(12-8-15)13-17(25)24-9-1-2-10-24/h3-6,15H,1-2,7-13H2. The van der Waals surface area contributed by atoms with Crippen molar-refractivity contribution in [3.63, 3.8) is 0 Å². The third-order valence-corrected chi connectivity index (χ3v) is 5.29. The largest absolute Gasteiger partial charge is 0.420 e. The van der Waals surface area contributed by atoms with E-state index in [0.717, 1.165) is 57.4 Å². The summed E-state index contributed by atoms with van der Waals surface area (Å²) in [6.45, 7) is 4.04. The van der Waals surface area contributed by atoms with Crippen LogP contribution in [0.1, 0.15) is 37.5 Å². The lowest BCUT2D eigenvalue weighted by molar-refractivity contribution is -0.131. The van der Waals surface area contributed by atoms with Crippen LogP contribution in [-0.4, -0.2) is 58.6 Å². The lowest BCUT2D eigenvalue weighted by Crippen LogP contribution is -2.42. The molecule has 2 saturated heterocycles. The summed E-state index contributed by atoms with van der Waals surface area (Å²) in [6, 6.07) is 6.04. The molecule has 0 bridgehead atoms. The Hall–Kier alpha value is -2.28. The highest BCUT2D eigenvalue weighted by Crippen LogP contribution is 2.29. The second-order valence-corrected chi connectivity index (χ2v) is 7.09. The van der Waals surface area contributed by atoms with Gasteiger partial charge in [-0.25, -0.2) is 4.39 Å². The van der Waals surface area contributed by atoms with Gasteiger partial charge in [-0.2, -0.15) is 0 Å². The first-order valence-corrected chi connectivity index (χ1v) is 9.28. The second-order valence-electron chi connectivity index (χ2n) is 7.09. The van der Waals surface area contributed by atoms with Crippen LogP contribution in [0, 0.1) is 5.82 Å². The lowest BCUT2D eigenvalue weighted by Gasteiger charge is -2.31. The zero-order valence-electron chi connectivity index (χ0n) is 14.7. The first-order valence-electron chi connectivity index (χ1n) is 9.28. The fraction of sp³-hybridized carbons (Fsp3) is 0.526. The first-order chi connectivity index (χ1) is 12.7. The zero-order chi connectivity index (χ0) is 17.9. The molecule has 0 unspecified atom stereocenters. The molecule has 0 aliphatic carbocycles. The SMILES string of the molecule is O=C(CN1CCC(c2nnc(-c3ccc(F)cc3)o2)CC1)N1CCCC1. The molecule has 26 heavy (non-hydrogen) atoms. The fourth-order valence-corrected chi connectivity index (χ4v) is 3.70. The monoisotopic (exact) mass is 358 g/mol. The molecule has 2 fully saturated rings. The first kappa shape index (κ1) is 17.1. The van der Waals surface area contributed by atoms with Gasteiger partial charge in [0, 0.05) is 24.6 Å². The van der Waals surface area contributed by atoms with Crippen molar-refractivity contribution in [1.29, 1.82) is 0 Å². The molecule has 0 atom stereocenters. The molecule has 3 heterocycles. The van der Waals surface area contributed by atoms with Crippen LogP contribution in [0.2, 0.25) is 0 Å². The summed E-state index contributed by atoms with van der Waals surface area (Å²) in [6.07, 6.45) is 4.05. The summed E-state index contributed by atoms with van der Waals surface area (Å²) < 4.78 is 18.8. The number of aromatic nitrogens is 2. The molecular weight excluding hydrogens is 335 g/mol. The van der Waals surface area contributed by atoms with Gasteiger partial charge in [0.25, 0.3) is 0 Å². The number of likely N-dealkylation sites (tertiary alicyclic amines) is 2. The smallest absolute Gasteiger partial charge is 0.247 e. The number of benzene rings is 1. The number of hydrogen-bond acceptors (Lipinski definition) is 5. The molecule has 7 heteroatoms. The number of nitrogens with zero attached hydrogens (tertiary/aromatic N) is 4. The third kappa shape index (κ3) is 3.77. The van der Waals surface area contributed by atoms with Crippen molar-refractivity contribution < 1.29 is 13.6 Å². The van der Waals surface area contributed by atoms with E-state index in [0.29, 0.717) is 18.3 Å². The van der Waals surface area contributed by atoms with Gasteiger partial charge >= 0.3 is 0 Å². The Kier molecular flexibility index (Phi) is 4.97. The van der Waals surface area contributed by atoms with Crippen molar-refractivity contribution in [1.82, 2.24) is 20.0 Å². The van der Waals surface area contributed by atoms with E-state index in [4.69, 9.17) is 4.42 Å². The van der Waals surface area contributed by atoms with Crippen LogP contribution in [-0.2, 0) is 4.79 Å². The molecule has 138 valence electrons. The maximum Gasteiger partial charge on any atom is 0.247 e. The molecule has 0 saturated carbocycles. The number of rotatable bonds is 4. The molecule has 1 aromatic carbocycles. The Balaban J connectivity index is 1.32. The summed E-state index contributed by atoms with van der Waals surface area (Å²) in [5.74, 6) is 1.23. The summed E-state index contributed by atoms with van der Waals surface area (Å²) in [7, 11) is 0. The minimum atomic E-state index is -0.288. The maximum atomic E-state index is 13.0. The zero-order valence-corrected chi connectivity index (χ0v) is 14.7. The van der Waals surface area contributed by atoms with Crippen molar-refractivity contribution in [3.8, 4) is 11.5 Å². The second kappa shape index (κ2) is 7.53. The van der Waals surface area contributed by atoms with Gasteiger partial charge < -0.3 is 9.32 Å². The lowest BCUT2D eigenvalue weighted by atomic mass is 9.97. The fourth-order valence-electron chi connectivity index (χ4n) is 3.70. The summed E-state index contributed by atoms with van der Waals surface area (Å²) in [5, 5.41) is 8.28. The van der Waals surface area contributed by atoms with Gasteiger partial charge in [-0.15, -0.1) is 10.2 Å². The molecule has 0 radical (unpaired) electrons. The normalized spacial score (nSPS) is 19.2. The number of piperidine rings is 1. The topological polar surface area (TPSA) is 62.5 Å². The van der Waals surface area contributed by atoms with E-state index >= 15 is 0 Å². The molecule has 2 aliphatic rings. The van der Waals surface area contributed by atoms with Gasteiger partial charge in [-0.1, -0.05) is 0 Å². The van der Waals surface area contributed by atoms with Crippen molar-refractivity contribution in [2.45, 2.75) is 31.6 Å². The molecule has 4 rings (SSSR count). The molecule has 2 aromatic rings. The van der Waals surface area contributed by atoms with Crippen LogP contribution in [0.25, 0.3) is 11.5 Å². The summed E-state index contributed by atoms with van der Waals surface area (Å²) >= 11 is 0. The molecule has 1 aromatic heterocycles. The van der Waals surface area contributed by atoms with Gasteiger partial charge in [0.05, 0.1) is 6.54 Å². The molecule has 0 spiro atoms. The van der Waals surface area contributed by atoms with E-state index in [2.05, 4.69) is 15.1 Å². The highest BCUT2D eigenvalue weighted by atomic mass is 19.1. The van der Waals surface area contributed by atoms with Crippen molar-refractivity contribution in [2.75, 3.05) is 32.7 Å². The van der Waals surface area contributed by atoms with Crippen LogP contribution in [0.3, 0.4) is 0 Å². The maximum absolute atomic E-state index is 13.0. The Morgan fingerprint density at radius 3 is 2.46 bits per heavy atom. The molecule has 2 aliphatic heterocycles. The van der Waals surface area contributed by atoms with Crippen molar-refractivity contribution >= 4 is 5.91 Å². The highest BCUT2D eigenvalue weighted by molar-refractivity contribution is 5.78. The van der Waals surface area contributed by atoms with Gasteiger partial charge in [0.1, 0.15) is 5.82 Å². The predicted octanol–water partition coefficient (Wildman–Crippen LogP) is 2.68. The predicted molar refractivity (Wildman–Crippen MR) is 93.9 cm³/mol. The van der Waals surface area contributed by atoms with Gasteiger partial charge in [-0.3, -0.25) is 9.69 Å². The minimum Gasteiger partial charge on any atom is -0.420 e. The average molecular weight is 358 g/mol. The highest BCUT2D eigenvalue weighted by Gasteiger charge is 2.27. The van der Waals surface area contributed by atoms with Crippen molar-refractivity contribution in [2.24, 2.45) is 0 Å². The van der Waals surface area contributed by atoms with Crippen LogP contribution < -0.4 is 0 Å². The van der Waals surface area contributed by atoms with Crippen LogP contribution in [0.4, 0.5) is 4.39 Å². The molecule has 0 N–H and O–H groups in total. The van der Waals surface area contributed by atoms with Gasteiger partial charge in [0.15, 0.2) is 0 Å². The van der Waals surface area contributed by atoms with E-state index in [1.165, 1.54) is 12.1 Å². The Morgan fingerprint density at radius 2 is 1.77 bits per heavy atom. The number of hydrogen-bond donors (Lipinski definition) is 0. The van der Waals surface area contributed by atoms with E-state index < -0.39 is 0 Å². The molecule has 6 nitrogen and oxygen atoms in total. The number of halogens is 1. The molecule has 1 amide bonds. The molecular formula is C19H23FN4O2. The Bertz CT molecular complexity index is 747. The number of carbonyl (C=O) groups is 1. The van der Waals surface area contributed by atoms with E-state index in [1.807, 2.05) is 4.90 Å². The van der Waals surface area contributed by atoms with Crippen LogP contribution in [0.15, 0.2) is 28.7 Å². The van der Waals surface area contributed by atoms with Crippen LogP contribution >= 0.6 is 0 Å². The third-order valence-electron chi connectivity index (χ3n) is 5.29. The number of carbonyl (C=O) groups excluding carboxylic acids is 1. The number of amides is 1.